The third-order valence-corrected chi connectivity index (χ3v) is 2.61. The molecule has 0 N–H and O–H groups in total. The minimum absolute atomic E-state index is 0.466. The molecule has 0 heterocycles. The van der Waals surface area contributed by atoms with Gasteiger partial charge in [0.1, 0.15) is 12.4 Å². The van der Waals surface area contributed by atoms with Crippen LogP contribution in [0, 0.1) is 0 Å². The monoisotopic (exact) mass is 277 g/mol. The van der Waals surface area contributed by atoms with Crippen LogP contribution in [0.3, 0.4) is 0 Å². The number of halogens is 2. The highest BCUT2D eigenvalue weighted by Gasteiger charge is 2.02. The van der Waals surface area contributed by atoms with Crippen molar-refractivity contribution in [1.82, 2.24) is 4.90 Å². The average Bonchev–Trinajstić information content (AvgIpc) is 2.27. The summed E-state index contributed by atoms with van der Waals surface area (Å²) in [6, 6.07) is 5.14. The van der Waals surface area contributed by atoms with Crippen molar-refractivity contribution in [1.29, 1.82) is 0 Å². The molecule has 1 aromatic rings. The highest BCUT2D eigenvalue weighted by molar-refractivity contribution is 6.34. The van der Waals surface area contributed by atoms with Crippen LogP contribution >= 0.6 is 23.2 Å². The summed E-state index contributed by atoms with van der Waals surface area (Å²) in [5.74, 6) is 0.593. The Bertz CT molecular complexity index is 345. The van der Waals surface area contributed by atoms with Crippen LogP contribution in [0.25, 0.3) is 0 Å². The molecule has 0 aliphatic rings. The summed E-state index contributed by atoms with van der Waals surface area (Å²) in [4.78, 5) is 2.06. The third-order valence-electron chi connectivity index (χ3n) is 2.06. The first-order valence-corrected chi connectivity index (χ1v) is 6.15. The second-order valence-corrected chi connectivity index (χ2v) is 4.68. The molecule has 0 bridgehead atoms. The number of benzene rings is 1. The second kappa shape index (κ2) is 7.77. The molecule has 1 aromatic carbocycles. The van der Waals surface area contributed by atoms with Crippen LogP contribution in [0.4, 0.5) is 0 Å². The van der Waals surface area contributed by atoms with E-state index in [0.717, 1.165) is 6.54 Å². The van der Waals surface area contributed by atoms with Gasteiger partial charge in [-0.3, -0.25) is 0 Å². The maximum absolute atomic E-state index is 5.95. The number of rotatable bonds is 7. The maximum atomic E-state index is 5.95. The summed E-state index contributed by atoms with van der Waals surface area (Å²) >= 11 is 11.8. The van der Waals surface area contributed by atoms with Gasteiger partial charge < -0.3 is 14.4 Å². The number of ether oxygens (including phenoxy) is 2. The van der Waals surface area contributed by atoms with Gasteiger partial charge in [-0.2, -0.15) is 0 Å². The molecule has 0 saturated heterocycles. The molecule has 0 spiro atoms. The summed E-state index contributed by atoms with van der Waals surface area (Å²) in [6.45, 7) is 2.60. The molecule has 5 heteroatoms. The molecule has 0 unspecified atom stereocenters. The van der Waals surface area contributed by atoms with Crippen molar-refractivity contribution in [2.75, 3.05) is 40.5 Å². The van der Waals surface area contributed by atoms with Crippen LogP contribution < -0.4 is 4.74 Å². The van der Waals surface area contributed by atoms with Gasteiger partial charge in [-0.15, -0.1) is 0 Å². The van der Waals surface area contributed by atoms with E-state index in [1.165, 1.54) is 0 Å². The van der Waals surface area contributed by atoms with Gasteiger partial charge in [0.15, 0.2) is 0 Å². The molecule has 0 atom stereocenters. The predicted octanol–water partition coefficient (Wildman–Crippen LogP) is 2.95. The highest BCUT2D eigenvalue weighted by Crippen LogP contribution is 2.27. The summed E-state index contributed by atoms with van der Waals surface area (Å²) < 4.78 is 10.9. The summed E-state index contributed by atoms with van der Waals surface area (Å²) in [5, 5.41) is 1.17. The van der Waals surface area contributed by atoms with Crippen LogP contribution in [0.15, 0.2) is 18.2 Å². The van der Waals surface area contributed by atoms with Gasteiger partial charge >= 0.3 is 0 Å². The Balaban J connectivity index is 2.20. The largest absolute Gasteiger partial charge is 0.490 e. The van der Waals surface area contributed by atoms with Crippen LogP contribution in [0.1, 0.15) is 0 Å². The van der Waals surface area contributed by atoms with Crippen molar-refractivity contribution in [2.45, 2.75) is 0 Å². The molecule has 0 amide bonds. The molecule has 0 radical (unpaired) electrons. The van der Waals surface area contributed by atoms with Crippen molar-refractivity contribution in [2.24, 2.45) is 0 Å². The Morgan fingerprint density at radius 1 is 1.12 bits per heavy atom. The number of hydrogen-bond donors (Lipinski definition) is 0. The topological polar surface area (TPSA) is 21.7 Å². The minimum Gasteiger partial charge on any atom is -0.490 e. The van der Waals surface area contributed by atoms with Gasteiger partial charge in [-0.1, -0.05) is 23.2 Å². The van der Waals surface area contributed by atoms with E-state index in [1.807, 2.05) is 14.1 Å². The lowest BCUT2D eigenvalue weighted by Crippen LogP contribution is -2.19. The Hall–Kier alpha value is -0.480. The molecule has 0 saturated carbocycles. The molecular formula is C12H17Cl2NO2. The molecule has 0 aliphatic carbocycles. The first kappa shape index (κ1) is 14.6. The molecule has 0 aromatic heterocycles. The second-order valence-electron chi connectivity index (χ2n) is 3.84. The summed E-state index contributed by atoms with van der Waals surface area (Å²) in [7, 11) is 4.01. The van der Waals surface area contributed by atoms with Gasteiger partial charge in [-0.25, -0.2) is 0 Å². The lowest BCUT2D eigenvalue weighted by molar-refractivity contribution is 0.0890. The van der Waals surface area contributed by atoms with E-state index < -0.39 is 0 Å². The zero-order valence-corrected chi connectivity index (χ0v) is 11.6. The van der Waals surface area contributed by atoms with Gasteiger partial charge in [0, 0.05) is 17.6 Å². The number of hydrogen-bond acceptors (Lipinski definition) is 3. The zero-order valence-electron chi connectivity index (χ0n) is 10.1. The molecule has 17 heavy (non-hydrogen) atoms. The standard InChI is InChI=1S/C12H17Cl2NO2/c1-15(2)5-6-16-7-8-17-12-9-10(13)3-4-11(12)14/h3-4,9H,5-8H2,1-2H3. The molecule has 0 aliphatic heterocycles. The fourth-order valence-electron chi connectivity index (χ4n) is 1.15. The molecule has 3 nitrogen and oxygen atoms in total. The van der Waals surface area contributed by atoms with E-state index in [2.05, 4.69) is 4.90 Å². The fraction of sp³-hybridized carbons (Fsp3) is 0.500. The zero-order chi connectivity index (χ0) is 12.7. The Morgan fingerprint density at radius 2 is 1.88 bits per heavy atom. The van der Waals surface area contributed by atoms with E-state index in [-0.39, 0.29) is 0 Å². The Labute approximate surface area is 112 Å². The highest BCUT2D eigenvalue weighted by atomic mass is 35.5. The quantitative estimate of drug-likeness (QED) is 0.716. The van der Waals surface area contributed by atoms with Crippen molar-refractivity contribution < 1.29 is 9.47 Å². The minimum atomic E-state index is 0.466. The SMILES string of the molecule is CN(C)CCOCCOc1cc(Cl)ccc1Cl. The van der Waals surface area contributed by atoms with E-state index in [9.17, 15) is 0 Å². The van der Waals surface area contributed by atoms with Gasteiger partial charge in [-0.05, 0) is 26.2 Å². The lowest BCUT2D eigenvalue weighted by atomic mass is 10.3. The van der Waals surface area contributed by atoms with Gasteiger partial charge in [0.25, 0.3) is 0 Å². The van der Waals surface area contributed by atoms with Gasteiger partial charge in [0.2, 0.25) is 0 Å². The smallest absolute Gasteiger partial charge is 0.139 e. The number of likely N-dealkylation sites (N-methyl/N-ethyl adjacent to an activating group) is 1. The van der Waals surface area contributed by atoms with Crippen LogP contribution in [0.2, 0.25) is 10.0 Å². The Morgan fingerprint density at radius 3 is 2.59 bits per heavy atom. The first-order chi connectivity index (χ1) is 8.09. The van der Waals surface area contributed by atoms with Crippen molar-refractivity contribution in [3.63, 3.8) is 0 Å². The maximum Gasteiger partial charge on any atom is 0.139 e. The molecular weight excluding hydrogens is 261 g/mol. The summed E-state index contributed by atoms with van der Waals surface area (Å²) in [6.07, 6.45) is 0. The predicted molar refractivity (Wildman–Crippen MR) is 71.3 cm³/mol. The van der Waals surface area contributed by atoms with E-state index in [0.29, 0.717) is 35.6 Å². The normalized spacial score (nSPS) is 10.9. The number of nitrogens with zero attached hydrogens (tertiary/aromatic N) is 1. The molecule has 1 rings (SSSR count). The van der Waals surface area contributed by atoms with E-state index in [1.54, 1.807) is 18.2 Å². The fourth-order valence-corrected chi connectivity index (χ4v) is 1.48. The summed E-state index contributed by atoms with van der Waals surface area (Å²) in [5.41, 5.74) is 0. The van der Waals surface area contributed by atoms with Crippen LogP contribution in [-0.4, -0.2) is 45.4 Å². The van der Waals surface area contributed by atoms with Gasteiger partial charge in [0.05, 0.1) is 18.2 Å². The first-order valence-electron chi connectivity index (χ1n) is 5.40. The average molecular weight is 278 g/mol. The van der Waals surface area contributed by atoms with Crippen LogP contribution in [-0.2, 0) is 4.74 Å². The molecule has 96 valence electrons. The lowest BCUT2D eigenvalue weighted by Gasteiger charge is -2.11. The van der Waals surface area contributed by atoms with E-state index in [4.69, 9.17) is 32.7 Å². The van der Waals surface area contributed by atoms with Crippen molar-refractivity contribution >= 4 is 23.2 Å². The Kier molecular flexibility index (Phi) is 6.66. The molecule has 0 fully saturated rings. The van der Waals surface area contributed by atoms with Crippen molar-refractivity contribution in [3.8, 4) is 5.75 Å². The van der Waals surface area contributed by atoms with E-state index >= 15 is 0 Å². The van der Waals surface area contributed by atoms with Crippen LogP contribution in [0.5, 0.6) is 5.75 Å². The van der Waals surface area contributed by atoms with Crippen molar-refractivity contribution in [3.05, 3.63) is 28.2 Å². The third kappa shape index (κ3) is 6.13.